The quantitative estimate of drug-likeness (QED) is 0.632. The molecule has 1 aliphatic heterocycles. The maximum Gasteiger partial charge on any atom is 0.339 e. The Balaban J connectivity index is 1.71. The van der Waals surface area contributed by atoms with E-state index in [0.717, 1.165) is 12.0 Å². The smallest absolute Gasteiger partial charge is 0.339 e. The second kappa shape index (κ2) is 8.57. The van der Waals surface area contributed by atoms with Gasteiger partial charge in [0.15, 0.2) is 18.5 Å². The molecule has 0 spiro atoms. The first-order chi connectivity index (χ1) is 13.2. The summed E-state index contributed by atoms with van der Waals surface area (Å²) in [6.45, 7) is 6.92. The van der Waals surface area contributed by atoms with E-state index >= 15 is 0 Å². The lowest BCUT2D eigenvalue weighted by Gasteiger charge is -2.17. The Morgan fingerprint density at radius 3 is 1.96 bits per heavy atom. The Labute approximate surface area is 174 Å². The number of halogens is 2. The van der Waals surface area contributed by atoms with Crippen LogP contribution in [0.1, 0.15) is 45.6 Å². The van der Waals surface area contributed by atoms with E-state index < -0.39 is 30.4 Å². The average molecular weight is 431 g/mol. The molecule has 6 nitrogen and oxygen atoms in total. The van der Waals surface area contributed by atoms with Gasteiger partial charge in [0, 0.05) is 5.92 Å². The predicted octanol–water partition coefficient (Wildman–Crippen LogP) is 4.11. The number of benzene rings is 1. The lowest BCUT2D eigenvalue weighted by Crippen LogP contribution is -2.40. The molecule has 1 aliphatic carbocycles. The number of hydrogen-bond acceptors (Lipinski definition) is 6. The summed E-state index contributed by atoms with van der Waals surface area (Å²) in [7, 11) is 0. The Hall–Kier alpha value is -1.34. The van der Waals surface area contributed by atoms with Gasteiger partial charge in [-0.05, 0) is 57.7 Å². The molecule has 2 fully saturated rings. The minimum Gasteiger partial charge on any atom is -0.461 e. The van der Waals surface area contributed by atoms with E-state index in [4.69, 9.17) is 42.1 Å². The standard InChI is InChI=1S/C20H24Cl2O6/c1-9(2)25-18(23)16-17(19(24)26-10(3)4)28-20(27-16)13-8-12(13)11-5-6-14(21)15(22)7-11/h5-7,9-10,12-13,16-17,20H,8H2,1-4H3/t12-,13+,16?,17?,20?/m0/s1. The SMILES string of the molecule is CC(C)OC(=O)C1OC([C@@H]2C[C@H]2c2ccc(Cl)c(Cl)c2)OC1C(=O)OC(C)C. The monoisotopic (exact) mass is 430 g/mol. The van der Waals surface area contributed by atoms with E-state index in [0.29, 0.717) is 10.0 Å². The fourth-order valence-corrected chi connectivity index (χ4v) is 3.57. The molecule has 28 heavy (non-hydrogen) atoms. The third-order valence-electron chi connectivity index (χ3n) is 4.57. The van der Waals surface area contributed by atoms with Gasteiger partial charge in [0.05, 0.1) is 22.3 Å². The van der Waals surface area contributed by atoms with E-state index in [2.05, 4.69) is 0 Å². The molecule has 0 aromatic heterocycles. The highest BCUT2D eigenvalue weighted by molar-refractivity contribution is 6.42. The summed E-state index contributed by atoms with van der Waals surface area (Å²) in [6.07, 6.45) is -2.86. The number of carbonyl (C=O) groups is 2. The largest absolute Gasteiger partial charge is 0.461 e. The summed E-state index contributed by atoms with van der Waals surface area (Å²) in [4.78, 5) is 24.8. The van der Waals surface area contributed by atoms with Gasteiger partial charge in [0.2, 0.25) is 0 Å². The Morgan fingerprint density at radius 2 is 1.50 bits per heavy atom. The Bertz CT molecular complexity index is 720. The molecule has 2 aliphatic rings. The zero-order chi connectivity index (χ0) is 20.6. The number of rotatable bonds is 6. The summed E-state index contributed by atoms with van der Waals surface area (Å²) in [5, 5.41) is 0.971. The van der Waals surface area contributed by atoms with Crippen molar-refractivity contribution < 1.29 is 28.5 Å². The van der Waals surface area contributed by atoms with Crippen molar-refractivity contribution in [2.45, 2.75) is 70.7 Å². The van der Waals surface area contributed by atoms with Crippen LogP contribution < -0.4 is 0 Å². The van der Waals surface area contributed by atoms with Gasteiger partial charge in [0.25, 0.3) is 0 Å². The van der Waals surface area contributed by atoms with Crippen LogP contribution in [0, 0.1) is 5.92 Å². The fraction of sp³-hybridized carbons (Fsp3) is 0.600. The first-order valence-corrected chi connectivity index (χ1v) is 10.1. The van der Waals surface area contributed by atoms with Crippen LogP contribution in [0.5, 0.6) is 0 Å². The molecule has 3 rings (SSSR count). The van der Waals surface area contributed by atoms with Gasteiger partial charge in [-0.15, -0.1) is 0 Å². The molecule has 1 heterocycles. The summed E-state index contributed by atoms with van der Waals surface area (Å²) in [5.74, 6) is -1.10. The van der Waals surface area contributed by atoms with Crippen LogP contribution in [0.25, 0.3) is 0 Å². The lowest BCUT2D eigenvalue weighted by atomic mass is 10.1. The van der Waals surface area contributed by atoms with E-state index in [1.165, 1.54) is 0 Å². The first-order valence-electron chi connectivity index (χ1n) is 9.34. The zero-order valence-corrected chi connectivity index (χ0v) is 17.7. The van der Waals surface area contributed by atoms with Crippen LogP contribution in [-0.2, 0) is 28.5 Å². The first kappa shape index (κ1) is 21.4. The lowest BCUT2D eigenvalue weighted by molar-refractivity contribution is -0.167. The van der Waals surface area contributed by atoms with Gasteiger partial charge in [-0.2, -0.15) is 0 Å². The molecular weight excluding hydrogens is 407 g/mol. The highest BCUT2D eigenvalue weighted by Gasteiger charge is 2.55. The molecule has 1 aromatic carbocycles. The molecule has 0 amide bonds. The minimum atomic E-state index is -1.14. The summed E-state index contributed by atoms with van der Waals surface area (Å²) in [5.41, 5.74) is 1.01. The van der Waals surface area contributed by atoms with Crippen molar-refractivity contribution in [3.8, 4) is 0 Å². The van der Waals surface area contributed by atoms with Gasteiger partial charge in [-0.1, -0.05) is 29.3 Å². The van der Waals surface area contributed by atoms with Crippen molar-refractivity contribution in [2.75, 3.05) is 0 Å². The van der Waals surface area contributed by atoms with Gasteiger partial charge in [0.1, 0.15) is 0 Å². The highest BCUT2D eigenvalue weighted by Crippen LogP contribution is 2.53. The predicted molar refractivity (Wildman–Crippen MR) is 103 cm³/mol. The summed E-state index contributed by atoms with van der Waals surface area (Å²) in [6, 6.07) is 5.47. The van der Waals surface area contributed by atoms with E-state index in [1.54, 1.807) is 33.8 Å². The number of hydrogen-bond donors (Lipinski definition) is 0. The maximum atomic E-state index is 12.4. The van der Waals surface area contributed by atoms with Crippen LogP contribution in [0.2, 0.25) is 10.0 Å². The molecule has 0 N–H and O–H groups in total. The van der Waals surface area contributed by atoms with E-state index in [-0.39, 0.29) is 24.0 Å². The van der Waals surface area contributed by atoms with Gasteiger partial charge < -0.3 is 18.9 Å². The van der Waals surface area contributed by atoms with Gasteiger partial charge >= 0.3 is 11.9 Å². The van der Waals surface area contributed by atoms with E-state index in [1.807, 2.05) is 12.1 Å². The van der Waals surface area contributed by atoms with Crippen LogP contribution >= 0.6 is 23.2 Å². The van der Waals surface area contributed by atoms with Crippen molar-refractivity contribution >= 4 is 35.1 Å². The Kier molecular flexibility index (Phi) is 6.54. The van der Waals surface area contributed by atoms with Crippen LogP contribution in [0.4, 0.5) is 0 Å². The topological polar surface area (TPSA) is 71.1 Å². The van der Waals surface area contributed by atoms with Gasteiger partial charge in [-0.25, -0.2) is 9.59 Å². The van der Waals surface area contributed by atoms with Crippen molar-refractivity contribution in [2.24, 2.45) is 5.92 Å². The second-order valence-corrected chi connectivity index (χ2v) is 8.45. The van der Waals surface area contributed by atoms with Crippen molar-refractivity contribution in [1.82, 2.24) is 0 Å². The minimum absolute atomic E-state index is 0.00319. The Morgan fingerprint density at radius 1 is 0.964 bits per heavy atom. The molecule has 1 saturated carbocycles. The summed E-state index contributed by atoms with van der Waals surface area (Å²) < 4.78 is 22.1. The second-order valence-electron chi connectivity index (χ2n) is 7.63. The van der Waals surface area contributed by atoms with Crippen molar-refractivity contribution in [3.63, 3.8) is 0 Å². The van der Waals surface area contributed by atoms with Crippen molar-refractivity contribution in [3.05, 3.63) is 33.8 Å². The highest BCUT2D eigenvalue weighted by atomic mass is 35.5. The molecular formula is C20H24Cl2O6. The third kappa shape index (κ3) is 4.79. The molecule has 0 radical (unpaired) electrons. The van der Waals surface area contributed by atoms with Crippen LogP contribution in [0.3, 0.4) is 0 Å². The van der Waals surface area contributed by atoms with Crippen molar-refractivity contribution in [1.29, 1.82) is 0 Å². The average Bonchev–Trinajstić information content (AvgIpc) is 3.26. The number of esters is 2. The molecule has 1 saturated heterocycles. The van der Waals surface area contributed by atoms with Gasteiger partial charge in [-0.3, -0.25) is 0 Å². The number of ether oxygens (including phenoxy) is 4. The molecule has 154 valence electrons. The van der Waals surface area contributed by atoms with Crippen LogP contribution in [0.15, 0.2) is 18.2 Å². The number of carbonyl (C=O) groups excluding carboxylic acids is 2. The summed E-state index contributed by atoms with van der Waals surface area (Å²) >= 11 is 12.1. The van der Waals surface area contributed by atoms with Crippen LogP contribution in [-0.4, -0.2) is 42.6 Å². The normalized spacial score (nSPS) is 29.2. The molecule has 2 unspecified atom stereocenters. The fourth-order valence-electron chi connectivity index (χ4n) is 3.26. The zero-order valence-electron chi connectivity index (χ0n) is 16.2. The molecule has 1 aromatic rings. The molecule has 0 bridgehead atoms. The molecule has 4 atom stereocenters. The third-order valence-corrected chi connectivity index (χ3v) is 5.30. The molecule has 8 heteroatoms. The van der Waals surface area contributed by atoms with E-state index in [9.17, 15) is 9.59 Å². The maximum absolute atomic E-state index is 12.4.